The Morgan fingerprint density at radius 1 is 1.35 bits per heavy atom. The van der Waals surface area contributed by atoms with Crippen LogP contribution in [-0.4, -0.2) is 36.0 Å². The molecule has 0 amide bonds. The van der Waals surface area contributed by atoms with Crippen LogP contribution in [0.5, 0.6) is 0 Å². The minimum absolute atomic E-state index is 0.804. The van der Waals surface area contributed by atoms with Crippen molar-refractivity contribution in [3.05, 3.63) is 11.9 Å². The number of hydrogen-bond acceptors (Lipinski definition) is 5. The molecular weight excluding hydrogens is 234 g/mol. The average molecular weight is 255 g/mol. The summed E-state index contributed by atoms with van der Waals surface area (Å²) in [6, 6.07) is 2.01. The first-order valence-corrected chi connectivity index (χ1v) is 7.02. The molecule has 0 aromatic carbocycles. The zero-order chi connectivity index (χ0) is 12.5. The van der Waals surface area contributed by atoms with Crippen LogP contribution >= 0.6 is 11.8 Å². The predicted molar refractivity (Wildman–Crippen MR) is 72.8 cm³/mol. The van der Waals surface area contributed by atoms with E-state index in [-0.39, 0.29) is 0 Å². The molecule has 0 fully saturated rings. The minimum Gasteiger partial charge on any atom is -0.385 e. The SMILES string of the molecule is CCNc1cc(SCCCOC)nc(CC)n1. The second-order valence-corrected chi connectivity index (χ2v) is 4.70. The maximum absolute atomic E-state index is 5.03. The van der Waals surface area contributed by atoms with Crippen molar-refractivity contribution in [2.45, 2.75) is 31.7 Å². The molecule has 1 N–H and O–H groups in total. The van der Waals surface area contributed by atoms with Gasteiger partial charge in [-0.2, -0.15) is 0 Å². The van der Waals surface area contributed by atoms with Gasteiger partial charge in [0, 0.05) is 38.5 Å². The zero-order valence-electron chi connectivity index (χ0n) is 10.8. The van der Waals surface area contributed by atoms with Gasteiger partial charge in [-0.15, -0.1) is 11.8 Å². The Morgan fingerprint density at radius 2 is 2.18 bits per heavy atom. The third-order valence-electron chi connectivity index (χ3n) is 2.17. The largest absolute Gasteiger partial charge is 0.385 e. The number of hydrogen-bond donors (Lipinski definition) is 1. The topological polar surface area (TPSA) is 47.0 Å². The fourth-order valence-electron chi connectivity index (χ4n) is 1.36. The van der Waals surface area contributed by atoms with E-state index in [0.717, 1.165) is 48.4 Å². The number of ether oxygens (including phenoxy) is 1. The van der Waals surface area contributed by atoms with Crippen molar-refractivity contribution < 1.29 is 4.74 Å². The summed E-state index contributed by atoms with van der Waals surface area (Å²) in [4.78, 5) is 8.93. The van der Waals surface area contributed by atoms with E-state index >= 15 is 0 Å². The van der Waals surface area contributed by atoms with Gasteiger partial charge >= 0.3 is 0 Å². The van der Waals surface area contributed by atoms with Gasteiger partial charge in [-0.05, 0) is 13.3 Å². The number of nitrogens with zero attached hydrogens (tertiary/aromatic N) is 2. The van der Waals surface area contributed by atoms with E-state index in [0.29, 0.717) is 0 Å². The van der Waals surface area contributed by atoms with Crippen molar-refractivity contribution in [2.24, 2.45) is 0 Å². The number of rotatable bonds is 8. The van der Waals surface area contributed by atoms with Crippen molar-refractivity contribution in [1.29, 1.82) is 0 Å². The summed E-state index contributed by atoms with van der Waals surface area (Å²) in [6.45, 7) is 5.83. The fourth-order valence-corrected chi connectivity index (χ4v) is 2.19. The highest BCUT2D eigenvalue weighted by Crippen LogP contribution is 2.19. The van der Waals surface area contributed by atoms with E-state index in [1.165, 1.54) is 0 Å². The summed E-state index contributed by atoms with van der Waals surface area (Å²) in [5.41, 5.74) is 0. The predicted octanol–water partition coefficient (Wildman–Crippen LogP) is 2.60. The van der Waals surface area contributed by atoms with E-state index in [4.69, 9.17) is 4.74 Å². The number of anilines is 1. The molecule has 0 radical (unpaired) electrons. The third-order valence-corrected chi connectivity index (χ3v) is 3.16. The van der Waals surface area contributed by atoms with Gasteiger partial charge in [0.25, 0.3) is 0 Å². The van der Waals surface area contributed by atoms with Crippen LogP contribution in [0.3, 0.4) is 0 Å². The van der Waals surface area contributed by atoms with E-state index in [1.807, 2.05) is 6.07 Å². The Morgan fingerprint density at radius 3 is 2.82 bits per heavy atom. The summed E-state index contributed by atoms with van der Waals surface area (Å²) in [6.07, 6.45) is 1.91. The zero-order valence-corrected chi connectivity index (χ0v) is 11.6. The van der Waals surface area contributed by atoms with Gasteiger partial charge in [-0.25, -0.2) is 9.97 Å². The maximum atomic E-state index is 5.03. The van der Waals surface area contributed by atoms with Gasteiger partial charge in [-0.1, -0.05) is 6.92 Å². The molecule has 1 heterocycles. The van der Waals surface area contributed by atoms with E-state index in [9.17, 15) is 0 Å². The summed E-state index contributed by atoms with van der Waals surface area (Å²) < 4.78 is 5.03. The molecule has 0 unspecified atom stereocenters. The van der Waals surface area contributed by atoms with Gasteiger partial charge in [-0.3, -0.25) is 0 Å². The molecular formula is C12H21N3OS. The monoisotopic (exact) mass is 255 g/mol. The number of aromatic nitrogens is 2. The van der Waals surface area contributed by atoms with Crippen molar-refractivity contribution in [3.8, 4) is 0 Å². The third kappa shape index (κ3) is 5.37. The standard InChI is InChI=1S/C12H21N3OS/c1-4-10-14-11(13-5-2)9-12(15-10)17-8-6-7-16-3/h9H,4-8H2,1-3H3,(H,13,14,15). The minimum atomic E-state index is 0.804. The Kier molecular flexibility index (Phi) is 6.96. The lowest BCUT2D eigenvalue weighted by molar-refractivity contribution is 0.200. The van der Waals surface area contributed by atoms with Crippen LogP contribution in [-0.2, 0) is 11.2 Å². The molecule has 0 aliphatic carbocycles. The van der Waals surface area contributed by atoms with Gasteiger partial charge in [0.1, 0.15) is 16.7 Å². The van der Waals surface area contributed by atoms with Gasteiger partial charge in [0.05, 0.1) is 0 Å². The lowest BCUT2D eigenvalue weighted by Crippen LogP contribution is -2.04. The summed E-state index contributed by atoms with van der Waals surface area (Å²) >= 11 is 1.76. The van der Waals surface area contributed by atoms with Crippen LogP contribution in [0.25, 0.3) is 0 Å². The fraction of sp³-hybridized carbons (Fsp3) is 0.667. The van der Waals surface area contributed by atoms with Crippen molar-refractivity contribution in [2.75, 3.05) is 31.3 Å². The van der Waals surface area contributed by atoms with Gasteiger partial charge in [0.2, 0.25) is 0 Å². The first-order chi connectivity index (χ1) is 8.30. The second kappa shape index (κ2) is 8.31. The first-order valence-electron chi connectivity index (χ1n) is 6.03. The molecule has 96 valence electrons. The van der Waals surface area contributed by atoms with E-state index < -0.39 is 0 Å². The molecule has 0 atom stereocenters. The Bertz CT molecular complexity index is 334. The Balaban J connectivity index is 2.59. The van der Waals surface area contributed by atoms with Crippen LogP contribution in [0.2, 0.25) is 0 Å². The molecule has 0 saturated heterocycles. The molecule has 0 aliphatic rings. The van der Waals surface area contributed by atoms with Crippen LogP contribution in [0, 0.1) is 0 Å². The molecule has 1 aromatic heterocycles. The average Bonchev–Trinajstić information content (AvgIpc) is 2.35. The summed E-state index contributed by atoms with van der Waals surface area (Å²) in [7, 11) is 1.73. The van der Waals surface area contributed by atoms with Crippen molar-refractivity contribution in [3.63, 3.8) is 0 Å². The highest BCUT2D eigenvalue weighted by Gasteiger charge is 2.03. The molecule has 0 saturated carbocycles. The quantitative estimate of drug-likeness (QED) is 0.439. The Labute approximate surface area is 108 Å². The van der Waals surface area contributed by atoms with Gasteiger partial charge in [0.15, 0.2) is 0 Å². The molecule has 0 bridgehead atoms. The smallest absolute Gasteiger partial charge is 0.131 e. The summed E-state index contributed by atoms with van der Waals surface area (Å²) in [5, 5.41) is 4.28. The van der Waals surface area contributed by atoms with Crippen LogP contribution < -0.4 is 5.32 Å². The molecule has 0 aliphatic heterocycles. The van der Waals surface area contributed by atoms with Crippen molar-refractivity contribution >= 4 is 17.6 Å². The molecule has 5 heteroatoms. The van der Waals surface area contributed by atoms with Crippen molar-refractivity contribution in [1.82, 2.24) is 9.97 Å². The van der Waals surface area contributed by atoms with Crippen LogP contribution in [0.4, 0.5) is 5.82 Å². The molecule has 17 heavy (non-hydrogen) atoms. The van der Waals surface area contributed by atoms with Gasteiger partial charge < -0.3 is 10.1 Å². The number of aryl methyl sites for hydroxylation is 1. The highest BCUT2D eigenvalue weighted by molar-refractivity contribution is 7.99. The van der Waals surface area contributed by atoms with Crippen LogP contribution in [0.1, 0.15) is 26.1 Å². The number of methoxy groups -OCH3 is 1. The molecule has 0 spiro atoms. The lowest BCUT2D eigenvalue weighted by Gasteiger charge is -2.07. The first kappa shape index (κ1) is 14.3. The van der Waals surface area contributed by atoms with E-state index in [2.05, 4.69) is 29.1 Å². The number of thioether (sulfide) groups is 1. The molecule has 4 nitrogen and oxygen atoms in total. The maximum Gasteiger partial charge on any atom is 0.131 e. The number of nitrogens with one attached hydrogen (secondary N) is 1. The molecule has 1 aromatic rings. The molecule has 1 rings (SSSR count). The highest BCUT2D eigenvalue weighted by atomic mass is 32.2. The summed E-state index contributed by atoms with van der Waals surface area (Å²) in [5.74, 6) is 2.85. The second-order valence-electron chi connectivity index (χ2n) is 3.59. The Hall–Kier alpha value is -0.810. The normalized spacial score (nSPS) is 10.5. The van der Waals surface area contributed by atoms with Crippen LogP contribution in [0.15, 0.2) is 11.1 Å². The van der Waals surface area contributed by atoms with E-state index in [1.54, 1.807) is 18.9 Å². The lowest BCUT2D eigenvalue weighted by atomic mass is 10.4.